The summed E-state index contributed by atoms with van der Waals surface area (Å²) in [6, 6.07) is 0.891. The summed E-state index contributed by atoms with van der Waals surface area (Å²) in [7, 11) is -3.43. The van der Waals surface area contributed by atoms with Gasteiger partial charge in [0.15, 0.2) is 5.82 Å². The van der Waals surface area contributed by atoms with Gasteiger partial charge in [-0.05, 0) is 13.3 Å². The number of aromatic nitrogens is 2. The van der Waals surface area contributed by atoms with E-state index in [4.69, 9.17) is 0 Å². The second-order valence-electron chi connectivity index (χ2n) is 6.06. The van der Waals surface area contributed by atoms with Crippen LogP contribution in [0.2, 0.25) is 0 Å². The summed E-state index contributed by atoms with van der Waals surface area (Å²) < 4.78 is 25.6. The Labute approximate surface area is 126 Å². The first-order chi connectivity index (χ1) is 9.55. The quantitative estimate of drug-likeness (QED) is 0.737. The molecule has 1 atom stereocenters. The van der Waals surface area contributed by atoms with Crippen molar-refractivity contribution in [2.45, 2.75) is 52.5 Å². The topological polar surface area (TPSA) is 104 Å². The van der Waals surface area contributed by atoms with E-state index in [1.807, 2.05) is 20.8 Å². The second kappa shape index (κ2) is 6.57. The zero-order chi connectivity index (χ0) is 16.3. The molecule has 0 aliphatic rings. The van der Waals surface area contributed by atoms with Gasteiger partial charge in [0.05, 0.1) is 11.8 Å². The van der Waals surface area contributed by atoms with Gasteiger partial charge in [-0.25, -0.2) is 13.1 Å². The summed E-state index contributed by atoms with van der Waals surface area (Å²) in [5.74, 6) is -0.0608. The predicted octanol–water partition coefficient (Wildman–Crippen LogP) is 1.36. The lowest BCUT2D eigenvalue weighted by atomic mass is 9.92. The van der Waals surface area contributed by atoms with Crippen molar-refractivity contribution in [1.29, 1.82) is 0 Å². The van der Waals surface area contributed by atoms with E-state index < -0.39 is 22.0 Å². The molecule has 120 valence electrons. The number of nitrogens with one attached hydrogen (secondary N) is 3. The third-order valence-corrected chi connectivity index (χ3v) is 4.52. The first-order valence-corrected chi connectivity index (χ1v) is 8.57. The molecule has 1 unspecified atom stereocenters. The van der Waals surface area contributed by atoms with Crippen molar-refractivity contribution < 1.29 is 13.2 Å². The standard InChI is InChI=1S/C13H24N4O3S/c1-6-7-21(19,20)17-9(2)12(18)14-11-8-10(15-16-11)13(3,4)5/h8-9,17H,6-7H2,1-5H3,(H2,14,15,16,18). The maximum Gasteiger partial charge on any atom is 0.243 e. The Morgan fingerprint density at radius 2 is 2.05 bits per heavy atom. The summed E-state index contributed by atoms with van der Waals surface area (Å²) in [5.41, 5.74) is 0.779. The number of anilines is 1. The third-order valence-electron chi connectivity index (χ3n) is 2.86. The molecular weight excluding hydrogens is 292 g/mol. The van der Waals surface area contributed by atoms with Crippen molar-refractivity contribution in [2.75, 3.05) is 11.1 Å². The molecule has 0 aliphatic carbocycles. The van der Waals surface area contributed by atoms with Crippen LogP contribution in [0, 0.1) is 0 Å². The van der Waals surface area contributed by atoms with Crippen LogP contribution in [0.1, 0.15) is 46.7 Å². The van der Waals surface area contributed by atoms with Crippen LogP contribution in [-0.2, 0) is 20.2 Å². The van der Waals surface area contributed by atoms with Crippen molar-refractivity contribution in [3.8, 4) is 0 Å². The first-order valence-electron chi connectivity index (χ1n) is 6.92. The van der Waals surface area contributed by atoms with E-state index in [-0.39, 0.29) is 11.2 Å². The molecule has 1 rings (SSSR count). The second-order valence-corrected chi connectivity index (χ2v) is 7.94. The number of hydrogen-bond donors (Lipinski definition) is 3. The first kappa shape index (κ1) is 17.6. The normalized spacial score (nSPS) is 14.0. The van der Waals surface area contributed by atoms with Gasteiger partial charge in [0, 0.05) is 17.2 Å². The fourth-order valence-corrected chi connectivity index (χ4v) is 2.96. The van der Waals surface area contributed by atoms with Crippen LogP contribution in [0.3, 0.4) is 0 Å². The number of hydrogen-bond acceptors (Lipinski definition) is 4. The molecule has 3 N–H and O–H groups in total. The predicted molar refractivity (Wildman–Crippen MR) is 82.6 cm³/mol. The van der Waals surface area contributed by atoms with Gasteiger partial charge in [-0.3, -0.25) is 9.89 Å². The zero-order valence-electron chi connectivity index (χ0n) is 13.1. The number of carbonyl (C=O) groups excluding carboxylic acids is 1. The Kier molecular flexibility index (Phi) is 5.52. The van der Waals surface area contributed by atoms with E-state index in [2.05, 4.69) is 20.2 Å². The lowest BCUT2D eigenvalue weighted by molar-refractivity contribution is -0.117. The van der Waals surface area contributed by atoms with Crippen LogP contribution < -0.4 is 10.0 Å². The molecule has 0 aromatic carbocycles. The van der Waals surface area contributed by atoms with Gasteiger partial charge in [-0.2, -0.15) is 5.10 Å². The number of amides is 1. The minimum absolute atomic E-state index is 0.00119. The molecule has 0 radical (unpaired) electrons. The number of rotatable bonds is 6. The minimum Gasteiger partial charge on any atom is -0.308 e. The van der Waals surface area contributed by atoms with Crippen LogP contribution in [0.15, 0.2) is 6.07 Å². The highest BCUT2D eigenvalue weighted by Gasteiger charge is 2.21. The summed E-state index contributed by atoms with van der Waals surface area (Å²) in [6.45, 7) is 9.33. The van der Waals surface area contributed by atoms with Gasteiger partial charge in [-0.1, -0.05) is 27.7 Å². The van der Waals surface area contributed by atoms with Crippen molar-refractivity contribution in [2.24, 2.45) is 0 Å². The van der Waals surface area contributed by atoms with E-state index in [9.17, 15) is 13.2 Å². The third kappa shape index (κ3) is 5.47. The molecule has 7 nitrogen and oxygen atoms in total. The average molecular weight is 316 g/mol. The Hall–Kier alpha value is -1.41. The van der Waals surface area contributed by atoms with Gasteiger partial charge in [-0.15, -0.1) is 0 Å². The molecule has 21 heavy (non-hydrogen) atoms. The summed E-state index contributed by atoms with van der Waals surface area (Å²) in [5, 5.41) is 9.45. The van der Waals surface area contributed by atoms with Crippen LogP contribution in [0.25, 0.3) is 0 Å². The molecule has 0 bridgehead atoms. The largest absolute Gasteiger partial charge is 0.308 e. The molecule has 8 heteroatoms. The molecule has 0 spiro atoms. The van der Waals surface area contributed by atoms with E-state index in [0.717, 1.165) is 5.69 Å². The van der Waals surface area contributed by atoms with E-state index in [0.29, 0.717) is 12.2 Å². The summed E-state index contributed by atoms with van der Waals surface area (Å²) in [6.07, 6.45) is 0.498. The number of H-pyrrole nitrogens is 1. The molecule has 1 heterocycles. The van der Waals surface area contributed by atoms with Crippen LogP contribution in [-0.4, -0.2) is 36.3 Å². The molecule has 1 aromatic heterocycles. The maximum absolute atomic E-state index is 12.0. The Morgan fingerprint density at radius 1 is 1.43 bits per heavy atom. The van der Waals surface area contributed by atoms with Crippen LogP contribution >= 0.6 is 0 Å². The van der Waals surface area contributed by atoms with Crippen LogP contribution in [0.4, 0.5) is 5.82 Å². The Balaban J connectivity index is 2.67. The average Bonchev–Trinajstić information content (AvgIpc) is 2.76. The molecule has 0 aliphatic heterocycles. The lowest BCUT2D eigenvalue weighted by Crippen LogP contribution is -2.42. The van der Waals surface area contributed by atoms with Gasteiger partial charge >= 0.3 is 0 Å². The highest BCUT2D eigenvalue weighted by atomic mass is 32.2. The fourth-order valence-electron chi connectivity index (χ4n) is 1.65. The van der Waals surface area contributed by atoms with Gasteiger partial charge in [0.1, 0.15) is 0 Å². The van der Waals surface area contributed by atoms with E-state index >= 15 is 0 Å². The molecule has 0 saturated heterocycles. The van der Waals surface area contributed by atoms with Crippen molar-refractivity contribution >= 4 is 21.7 Å². The summed E-state index contributed by atoms with van der Waals surface area (Å²) >= 11 is 0. The number of nitrogens with zero attached hydrogens (tertiary/aromatic N) is 1. The molecule has 0 saturated carbocycles. The van der Waals surface area contributed by atoms with Crippen molar-refractivity contribution in [3.05, 3.63) is 11.8 Å². The Morgan fingerprint density at radius 3 is 2.52 bits per heavy atom. The van der Waals surface area contributed by atoms with Gasteiger partial charge in [0.2, 0.25) is 15.9 Å². The van der Waals surface area contributed by atoms with E-state index in [1.165, 1.54) is 6.92 Å². The molecule has 1 aromatic rings. The number of aromatic amines is 1. The molecule has 1 amide bonds. The van der Waals surface area contributed by atoms with E-state index in [1.54, 1.807) is 13.0 Å². The maximum atomic E-state index is 12.0. The molecular formula is C13H24N4O3S. The van der Waals surface area contributed by atoms with Gasteiger partial charge in [0.25, 0.3) is 0 Å². The summed E-state index contributed by atoms with van der Waals surface area (Å²) in [4.78, 5) is 12.0. The van der Waals surface area contributed by atoms with Gasteiger partial charge < -0.3 is 5.32 Å². The highest BCUT2D eigenvalue weighted by Crippen LogP contribution is 2.21. The van der Waals surface area contributed by atoms with Crippen molar-refractivity contribution in [3.63, 3.8) is 0 Å². The SMILES string of the molecule is CCCS(=O)(=O)NC(C)C(=O)Nc1cc(C(C)(C)C)[nH]n1. The Bertz CT molecular complexity index is 587. The number of carbonyl (C=O) groups is 1. The fraction of sp³-hybridized carbons (Fsp3) is 0.692. The smallest absolute Gasteiger partial charge is 0.243 e. The number of sulfonamides is 1. The van der Waals surface area contributed by atoms with Crippen LogP contribution in [0.5, 0.6) is 0 Å². The van der Waals surface area contributed by atoms with Crippen molar-refractivity contribution in [1.82, 2.24) is 14.9 Å². The lowest BCUT2D eigenvalue weighted by Gasteiger charge is -2.15. The minimum atomic E-state index is -3.43. The monoisotopic (exact) mass is 316 g/mol. The molecule has 0 fully saturated rings. The highest BCUT2D eigenvalue weighted by molar-refractivity contribution is 7.89. The zero-order valence-corrected chi connectivity index (χ0v) is 14.0.